The number of methoxy groups -OCH3 is 1. The van der Waals surface area contributed by atoms with Crippen LogP contribution in [-0.4, -0.2) is 27.1 Å². The van der Waals surface area contributed by atoms with Crippen molar-refractivity contribution in [3.8, 4) is 5.75 Å². The van der Waals surface area contributed by atoms with Crippen LogP contribution < -0.4 is 4.74 Å². The Morgan fingerprint density at radius 3 is 2.42 bits per heavy atom. The highest BCUT2D eigenvalue weighted by molar-refractivity contribution is 7.80. The van der Waals surface area contributed by atoms with E-state index in [9.17, 15) is 0 Å². The fourth-order valence-corrected chi connectivity index (χ4v) is 2.38. The zero-order chi connectivity index (χ0) is 14.5. The van der Waals surface area contributed by atoms with E-state index < -0.39 is 0 Å². The monoisotopic (exact) mass is 284 g/mol. The molecule has 0 atom stereocenters. The molecule has 19 heavy (non-hydrogen) atoms. The maximum absolute atomic E-state index is 5.76. The predicted molar refractivity (Wildman–Crippen MR) is 80.5 cm³/mol. The lowest BCUT2D eigenvalue weighted by Crippen LogP contribution is -2.14. The first kappa shape index (κ1) is 16.3. The summed E-state index contributed by atoms with van der Waals surface area (Å²) in [6, 6.07) is 4.13. The van der Waals surface area contributed by atoms with Crippen molar-refractivity contribution in [3.05, 3.63) is 23.3 Å². The highest BCUT2D eigenvalue weighted by atomic mass is 32.1. The lowest BCUT2D eigenvalue weighted by atomic mass is 9.86. The maximum Gasteiger partial charge on any atom is 0.146 e. The van der Waals surface area contributed by atoms with Gasteiger partial charge in [0, 0.05) is 12.0 Å². The Morgan fingerprint density at radius 2 is 1.84 bits per heavy atom. The summed E-state index contributed by atoms with van der Waals surface area (Å²) in [6.07, 6.45) is 0. The topological polar surface area (TPSA) is 27.7 Å². The average Bonchev–Trinajstić information content (AvgIpc) is 2.29. The van der Waals surface area contributed by atoms with Crippen LogP contribution in [0, 0.1) is 6.92 Å². The molecule has 0 unspecified atom stereocenters. The van der Waals surface area contributed by atoms with E-state index >= 15 is 0 Å². The van der Waals surface area contributed by atoms with E-state index in [0.29, 0.717) is 20.0 Å². The second kappa shape index (κ2) is 7.17. The molecule has 1 rings (SSSR count). The van der Waals surface area contributed by atoms with Gasteiger partial charge in [-0.05, 0) is 35.6 Å². The molecular weight excluding hydrogens is 260 g/mol. The smallest absolute Gasteiger partial charge is 0.146 e. The summed E-state index contributed by atoms with van der Waals surface area (Å²) < 4.78 is 15.8. The molecular formula is C15H24O3S. The molecule has 0 aliphatic carbocycles. The number of hydrogen-bond acceptors (Lipinski definition) is 4. The molecule has 0 bridgehead atoms. The average molecular weight is 284 g/mol. The van der Waals surface area contributed by atoms with Gasteiger partial charge in [0.1, 0.15) is 19.1 Å². The largest absolute Gasteiger partial charge is 0.491 e. The van der Waals surface area contributed by atoms with Gasteiger partial charge < -0.3 is 14.2 Å². The van der Waals surface area contributed by atoms with E-state index in [0.717, 1.165) is 16.2 Å². The molecule has 0 aromatic heterocycles. The van der Waals surface area contributed by atoms with Gasteiger partial charge in [0.25, 0.3) is 0 Å². The van der Waals surface area contributed by atoms with Crippen LogP contribution >= 0.6 is 12.6 Å². The SMILES string of the molecule is COCOCCOc1cc(C(C)(C)C)c(S)cc1C. The van der Waals surface area contributed by atoms with Crippen molar-refractivity contribution in [1.29, 1.82) is 0 Å². The number of ether oxygens (including phenoxy) is 3. The van der Waals surface area contributed by atoms with Crippen molar-refractivity contribution in [2.45, 2.75) is 38.0 Å². The third-order valence-corrected chi connectivity index (χ3v) is 3.16. The Morgan fingerprint density at radius 1 is 1.16 bits per heavy atom. The summed E-state index contributed by atoms with van der Waals surface area (Å²) in [5.41, 5.74) is 2.33. The number of rotatable bonds is 6. The van der Waals surface area contributed by atoms with Crippen LogP contribution in [-0.2, 0) is 14.9 Å². The molecule has 0 aliphatic heterocycles. The maximum atomic E-state index is 5.76. The van der Waals surface area contributed by atoms with E-state index in [2.05, 4.69) is 45.5 Å². The zero-order valence-electron chi connectivity index (χ0n) is 12.4. The third kappa shape index (κ3) is 5.05. The van der Waals surface area contributed by atoms with Crippen LogP contribution in [0.5, 0.6) is 5.75 Å². The van der Waals surface area contributed by atoms with E-state index in [1.807, 2.05) is 6.92 Å². The molecule has 108 valence electrons. The van der Waals surface area contributed by atoms with Crippen LogP contribution in [0.1, 0.15) is 31.9 Å². The first-order valence-corrected chi connectivity index (χ1v) is 6.84. The van der Waals surface area contributed by atoms with Crippen LogP contribution in [0.2, 0.25) is 0 Å². The Bertz CT molecular complexity index is 411. The first-order valence-electron chi connectivity index (χ1n) is 6.40. The summed E-state index contributed by atoms with van der Waals surface area (Å²) in [5.74, 6) is 0.892. The molecule has 0 aliphatic rings. The van der Waals surface area contributed by atoms with Gasteiger partial charge in [-0.1, -0.05) is 20.8 Å². The van der Waals surface area contributed by atoms with Crippen LogP contribution in [0.15, 0.2) is 17.0 Å². The lowest BCUT2D eigenvalue weighted by molar-refractivity contribution is -0.0388. The second-order valence-corrected chi connectivity index (χ2v) is 6.03. The minimum Gasteiger partial charge on any atom is -0.491 e. The molecule has 1 aromatic rings. The van der Waals surface area contributed by atoms with Gasteiger partial charge in [-0.3, -0.25) is 0 Å². The minimum absolute atomic E-state index is 0.0510. The van der Waals surface area contributed by atoms with Gasteiger partial charge in [0.2, 0.25) is 0 Å². The first-order chi connectivity index (χ1) is 8.86. The van der Waals surface area contributed by atoms with Gasteiger partial charge in [-0.15, -0.1) is 12.6 Å². The standard InChI is InChI=1S/C15H24O3S/c1-11-8-14(19)12(15(2,3)4)9-13(11)18-7-6-17-10-16-5/h8-9,19H,6-7,10H2,1-5H3. The van der Waals surface area contributed by atoms with Crippen molar-refractivity contribution < 1.29 is 14.2 Å². The van der Waals surface area contributed by atoms with Crippen LogP contribution in [0.3, 0.4) is 0 Å². The minimum atomic E-state index is 0.0510. The van der Waals surface area contributed by atoms with E-state index in [1.54, 1.807) is 7.11 Å². The van der Waals surface area contributed by atoms with Crippen molar-refractivity contribution in [2.24, 2.45) is 0 Å². The van der Waals surface area contributed by atoms with Gasteiger partial charge in [-0.25, -0.2) is 0 Å². The molecule has 0 N–H and O–H groups in total. The van der Waals surface area contributed by atoms with Crippen LogP contribution in [0.25, 0.3) is 0 Å². The Labute approximate surface area is 121 Å². The Hall–Kier alpha value is -0.710. The zero-order valence-corrected chi connectivity index (χ0v) is 13.3. The molecule has 0 saturated carbocycles. The molecule has 0 fully saturated rings. The number of aryl methyl sites for hydroxylation is 1. The number of hydrogen-bond donors (Lipinski definition) is 1. The molecule has 0 heterocycles. The Balaban J connectivity index is 2.73. The van der Waals surface area contributed by atoms with Crippen molar-refractivity contribution in [3.63, 3.8) is 0 Å². The van der Waals surface area contributed by atoms with E-state index in [-0.39, 0.29) is 5.41 Å². The number of benzene rings is 1. The summed E-state index contributed by atoms with van der Waals surface area (Å²) in [4.78, 5) is 1.01. The van der Waals surface area contributed by atoms with E-state index in [4.69, 9.17) is 14.2 Å². The lowest BCUT2D eigenvalue weighted by Gasteiger charge is -2.23. The van der Waals surface area contributed by atoms with Crippen LogP contribution in [0.4, 0.5) is 0 Å². The molecule has 0 amide bonds. The Kier molecular flexibility index (Phi) is 6.17. The quantitative estimate of drug-likeness (QED) is 0.491. The van der Waals surface area contributed by atoms with Gasteiger partial charge in [0.05, 0.1) is 6.61 Å². The third-order valence-electron chi connectivity index (χ3n) is 2.79. The molecule has 0 spiro atoms. The normalized spacial score (nSPS) is 11.7. The van der Waals surface area contributed by atoms with Crippen molar-refractivity contribution in [2.75, 3.05) is 27.1 Å². The van der Waals surface area contributed by atoms with E-state index in [1.165, 1.54) is 5.56 Å². The summed E-state index contributed by atoms with van der Waals surface area (Å²) >= 11 is 4.55. The second-order valence-electron chi connectivity index (χ2n) is 5.55. The van der Waals surface area contributed by atoms with Gasteiger partial charge in [0.15, 0.2) is 0 Å². The molecule has 0 saturated heterocycles. The summed E-state index contributed by atoms with van der Waals surface area (Å²) in [5, 5.41) is 0. The number of thiol groups is 1. The molecule has 0 radical (unpaired) electrons. The highest BCUT2D eigenvalue weighted by Gasteiger charge is 2.18. The molecule has 3 nitrogen and oxygen atoms in total. The predicted octanol–water partition coefficient (Wildman–Crippen LogP) is 3.58. The van der Waals surface area contributed by atoms with Crippen molar-refractivity contribution in [1.82, 2.24) is 0 Å². The summed E-state index contributed by atoms with van der Waals surface area (Å²) in [6.45, 7) is 9.86. The fraction of sp³-hybridized carbons (Fsp3) is 0.600. The molecule has 4 heteroatoms. The summed E-state index contributed by atoms with van der Waals surface area (Å²) in [7, 11) is 1.60. The van der Waals surface area contributed by atoms with Gasteiger partial charge >= 0.3 is 0 Å². The molecule has 1 aromatic carbocycles. The fourth-order valence-electron chi connectivity index (χ4n) is 1.78. The highest BCUT2D eigenvalue weighted by Crippen LogP contribution is 2.33. The van der Waals surface area contributed by atoms with Crippen molar-refractivity contribution >= 4 is 12.6 Å². The van der Waals surface area contributed by atoms with Gasteiger partial charge in [-0.2, -0.15) is 0 Å².